The van der Waals surface area contributed by atoms with E-state index in [2.05, 4.69) is 15.5 Å². The largest absolute Gasteiger partial charge is 0.347 e. The van der Waals surface area contributed by atoms with Gasteiger partial charge in [0.1, 0.15) is 6.04 Å². The van der Waals surface area contributed by atoms with E-state index in [0.717, 1.165) is 30.9 Å². The average molecular weight is 358 g/mol. The molecule has 140 valence electrons. The molecule has 3 amide bonds. The molecular weight excluding hydrogens is 332 g/mol. The van der Waals surface area contributed by atoms with Crippen LogP contribution in [0.25, 0.3) is 0 Å². The van der Waals surface area contributed by atoms with Crippen molar-refractivity contribution in [2.24, 2.45) is 0 Å². The number of amides is 3. The summed E-state index contributed by atoms with van der Waals surface area (Å²) in [5, 5.41) is 5.23. The van der Waals surface area contributed by atoms with Gasteiger partial charge in [-0.3, -0.25) is 14.4 Å². The number of hydrogen-bond acceptors (Lipinski definition) is 4. The van der Waals surface area contributed by atoms with Crippen LogP contribution in [0.4, 0.5) is 5.69 Å². The fourth-order valence-corrected chi connectivity index (χ4v) is 3.64. The number of hydrogen-bond donors (Lipinski definition) is 2. The number of likely N-dealkylation sites (tertiary alicyclic amines) is 1. The number of benzene rings is 1. The van der Waals surface area contributed by atoms with Gasteiger partial charge < -0.3 is 20.4 Å². The number of nitrogens with zero attached hydrogens (tertiary/aromatic N) is 2. The predicted molar refractivity (Wildman–Crippen MR) is 98.7 cm³/mol. The van der Waals surface area contributed by atoms with E-state index in [1.54, 1.807) is 4.90 Å². The topological polar surface area (TPSA) is 81.8 Å². The van der Waals surface area contributed by atoms with Crippen molar-refractivity contribution in [1.82, 2.24) is 15.5 Å². The fraction of sp³-hybridized carbons (Fsp3) is 0.526. The summed E-state index contributed by atoms with van der Waals surface area (Å²) < 4.78 is 0. The Hall–Kier alpha value is -2.41. The molecule has 0 aliphatic carbocycles. The smallest absolute Gasteiger partial charge is 0.310 e. The van der Waals surface area contributed by atoms with Crippen LogP contribution in [-0.2, 0) is 14.4 Å². The third-order valence-corrected chi connectivity index (χ3v) is 5.01. The van der Waals surface area contributed by atoms with Crippen LogP contribution in [0.1, 0.15) is 37.8 Å². The Kier molecular flexibility index (Phi) is 5.88. The van der Waals surface area contributed by atoms with E-state index in [0.29, 0.717) is 13.1 Å². The molecule has 1 aromatic rings. The molecule has 2 aliphatic heterocycles. The van der Waals surface area contributed by atoms with Crippen molar-refractivity contribution in [3.8, 4) is 0 Å². The Morgan fingerprint density at radius 1 is 1.12 bits per heavy atom. The molecule has 26 heavy (non-hydrogen) atoms. The number of likely N-dealkylation sites (N-methyl/N-ethyl adjacent to an activating group) is 1. The minimum absolute atomic E-state index is 0.205. The van der Waals surface area contributed by atoms with Gasteiger partial charge in [-0.1, -0.05) is 24.6 Å². The minimum atomic E-state index is -0.800. The van der Waals surface area contributed by atoms with E-state index in [1.165, 1.54) is 19.3 Å². The Morgan fingerprint density at radius 2 is 1.85 bits per heavy atom. The second-order valence-corrected chi connectivity index (χ2v) is 6.71. The Balaban J connectivity index is 1.54. The zero-order valence-electron chi connectivity index (χ0n) is 15.2. The highest BCUT2D eigenvalue weighted by Crippen LogP contribution is 2.35. The van der Waals surface area contributed by atoms with Gasteiger partial charge in [-0.15, -0.1) is 0 Å². The van der Waals surface area contributed by atoms with Crippen LogP contribution in [0, 0.1) is 0 Å². The van der Waals surface area contributed by atoms with Crippen molar-refractivity contribution in [2.45, 2.75) is 32.2 Å². The molecule has 1 saturated heterocycles. The van der Waals surface area contributed by atoms with E-state index in [1.807, 2.05) is 31.2 Å². The maximum atomic E-state index is 12.5. The molecule has 1 atom stereocenters. The molecule has 2 N–H and O–H groups in total. The van der Waals surface area contributed by atoms with Crippen LogP contribution < -0.4 is 15.5 Å². The first-order valence-electron chi connectivity index (χ1n) is 9.33. The Bertz CT molecular complexity index is 685. The van der Waals surface area contributed by atoms with Crippen molar-refractivity contribution in [1.29, 1.82) is 0 Å². The van der Waals surface area contributed by atoms with Crippen LogP contribution in [0.3, 0.4) is 0 Å². The van der Waals surface area contributed by atoms with Gasteiger partial charge in [-0.2, -0.15) is 0 Å². The molecule has 0 aromatic heterocycles. The summed E-state index contributed by atoms with van der Waals surface area (Å²) in [7, 11) is 0. The number of anilines is 1. The maximum Gasteiger partial charge on any atom is 0.310 e. The lowest BCUT2D eigenvalue weighted by Crippen LogP contribution is -2.46. The zero-order valence-corrected chi connectivity index (χ0v) is 15.2. The molecule has 7 heteroatoms. The van der Waals surface area contributed by atoms with Crippen LogP contribution >= 0.6 is 0 Å². The normalized spacial score (nSPS) is 20.0. The molecule has 1 aromatic carbocycles. The highest BCUT2D eigenvalue weighted by molar-refractivity contribution is 6.35. The lowest BCUT2D eigenvalue weighted by molar-refractivity contribution is -0.140. The number of rotatable bonds is 5. The first kappa shape index (κ1) is 18.4. The van der Waals surface area contributed by atoms with Gasteiger partial charge in [0.25, 0.3) is 5.91 Å². The second-order valence-electron chi connectivity index (χ2n) is 6.71. The molecule has 0 saturated carbocycles. The van der Waals surface area contributed by atoms with E-state index < -0.39 is 17.9 Å². The predicted octanol–water partition coefficient (Wildman–Crippen LogP) is 0.813. The van der Waals surface area contributed by atoms with Gasteiger partial charge in [0.05, 0.1) is 0 Å². The van der Waals surface area contributed by atoms with Gasteiger partial charge in [0.2, 0.25) is 0 Å². The monoisotopic (exact) mass is 358 g/mol. The second kappa shape index (κ2) is 8.31. The van der Waals surface area contributed by atoms with E-state index in [9.17, 15) is 14.4 Å². The summed E-state index contributed by atoms with van der Waals surface area (Å²) in [6, 6.07) is 6.53. The zero-order chi connectivity index (χ0) is 18.5. The molecule has 1 fully saturated rings. The third kappa shape index (κ3) is 3.88. The van der Waals surface area contributed by atoms with Crippen molar-refractivity contribution >= 4 is 23.4 Å². The molecule has 7 nitrogen and oxygen atoms in total. The van der Waals surface area contributed by atoms with E-state index >= 15 is 0 Å². The summed E-state index contributed by atoms with van der Waals surface area (Å²) in [6.07, 6.45) is 3.63. The summed E-state index contributed by atoms with van der Waals surface area (Å²) >= 11 is 0. The summed E-state index contributed by atoms with van der Waals surface area (Å²) in [6.45, 7) is 5.66. The fourth-order valence-electron chi connectivity index (χ4n) is 3.64. The Labute approximate surface area is 153 Å². The lowest BCUT2D eigenvalue weighted by atomic mass is 10.1. The van der Waals surface area contributed by atoms with Crippen LogP contribution in [0.15, 0.2) is 24.3 Å². The molecule has 0 spiro atoms. The first-order valence-corrected chi connectivity index (χ1v) is 9.33. The molecule has 0 bridgehead atoms. The summed E-state index contributed by atoms with van der Waals surface area (Å²) in [4.78, 5) is 40.8. The van der Waals surface area contributed by atoms with Crippen LogP contribution in [-0.4, -0.2) is 55.3 Å². The van der Waals surface area contributed by atoms with Crippen molar-refractivity contribution in [2.75, 3.05) is 37.6 Å². The SMILES string of the molecule is CCN1C(=O)[C@H](NC(=O)C(=O)NCCN2CCCCC2)c2ccccc21. The lowest BCUT2D eigenvalue weighted by Gasteiger charge is -2.26. The molecule has 2 aliphatic rings. The van der Waals surface area contributed by atoms with Gasteiger partial charge in [-0.25, -0.2) is 0 Å². The molecular formula is C19H26N4O3. The number of piperidine rings is 1. The average Bonchev–Trinajstić information content (AvgIpc) is 2.93. The highest BCUT2D eigenvalue weighted by Gasteiger charge is 2.37. The van der Waals surface area contributed by atoms with Gasteiger partial charge in [-0.05, 0) is 38.9 Å². The van der Waals surface area contributed by atoms with Gasteiger partial charge >= 0.3 is 11.8 Å². The van der Waals surface area contributed by atoms with Crippen molar-refractivity contribution in [3.05, 3.63) is 29.8 Å². The molecule has 0 unspecified atom stereocenters. The number of carbonyl (C=O) groups excluding carboxylic acids is 3. The van der Waals surface area contributed by atoms with Crippen molar-refractivity contribution in [3.63, 3.8) is 0 Å². The van der Waals surface area contributed by atoms with Crippen LogP contribution in [0.2, 0.25) is 0 Å². The molecule has 3 rings (SSSR count). The molecule has 0 radical (unpaired) electrons. The number of nitrogens with one attached hydrogen (secondary N) is 2. The van der Waals surface area contributed by atoms with E-state index in [-0.39, 0.29) is 5.91 Å². The number of para-hydroxylation sites is 1. The highest BCUT2D eigenvalue weighted by atomic mass is 16.2. The first-order chi connectivity index (χ1) is 12.6. The van der Waals surface area contributed by atoms with Gasteiger partial charge in [0.15, 0.2) is 0 Å². The molecule has 2 heterocycles. The minimum Gasteiger partial charge on any atom is -0.347 e. The Morgan fingerprint density at radius 3 is 2.58 bits per heavy atom. The van der Waals surface area contributed by atoms with Crippen molar-refractivity contribution < 1.29 is 14.4 Å². The van der Waals surface area contributed by atoms with Crippen LogP contribution in [0.5, 0.6) is 0 Å². The van der Waals surface area contributed by atoms with E-state index in [4.69, 9.17) is 0 Å². The van der Waals surface area contributed by atoms with Gasteiger partial charge in [0, 0.05) is 30.9 Å². The summed E-state index contributed by atoms with van der Waals surface area (Å²) in [5.41, 5.74) is 1.52. The number of carbonyl (C=O) groups is 3. The summed E-state index contributed by atoms with van der Waals surface area (Å²) in [5.74, 6) is -1.67. The quantitative estimate of drug-likeness (QED) is 0.764. The maximum absolute atomic E-state index is 12.5. The third-order valence-electron chi connectivity index (χ3n) is 5.01. The standard InChI is InChI=1S/C19H26N4O3/c1-2-23-15-9-5-4-8-14(15)16(19(23)26)21-18(25)17(24)20-10-13-22-11-6-3-7-12-22/h4-5,8-9,16H,2-3,6-7,10-13H2,1H3,(H,20,24)(H,21,25)/t16-/m1/s1. The number of fused-ring (bicyclic) bond motifs is 1.